The molecule has 1 aromatic heterocycles. The van der Waals surface area contributed by atoms with Gasteiger partial charge in [-0.05, 0) is 44.1 Å². The molecule has 122 valence electrons. The minimum atomic E-state index is 0.203. The Bertz CT molecular complexity index is 471. The molecule has 2 unspecified atom stereocenters. The van der Waals surface area contributed by atoms with Crippen molar-refractivity contribution >= 4 is 0 Å². The summed E-state index contributed by atoms with van der Waals surface area (Å²) in [4.78, 5) is 2.55. The molecule has 4 nitrogen and oxygen atoms in total. The van der Waals surface area contributed by atoms with Gasteiger partial charge in [-0.2, -0.15) is 0 Å². The number of fused-ring (bicyclic) bond motifs is 1. The Morgan fingerprint density at radius 2 is 2.27 bits per heavy atom. The van der Waals surface area contributed by atoms with Crippen molar-refractivity contribution in [1.82, 2.24) is 4.90 Å². The van der Waals surface area contributed by atoms with Gasteiger partial charge in [-0.3, -0.25) is 4.90 Å². The molecule has 2 atom stereocenters. The number of hydrogen-bond donors (Lipinski definition) is 0. The minimum absolute atomic E-state index is 0.203. The molecule has 0 radical (unpaired) electrons. The van der Waals surface area contributed by atoms with E-state index in [1.807, 2.05) is 6.26 Å². The average Bonchev–Trinajstić information content (AvgIpc) is 3.22. The second kappa shape index (κ2) is 6.34. The topological polar surface area (TPSA) is 34.8 Å². The molecular formula is C18H27NO3. The predicted molar refractivity (Wildman–Crippen MR) is 83.6 cm³/mol. The zero-order chi connectivity index (χ0) is 14.8. The van der Waals surface area contributed by atoms with Crippen LogP contribution in [0.2, 0.25) is 0 Å². The molecule has 1 saturated carbocycles. The molecule has 3 aliphatic rings. The monoisotopic (exact) mass is 305 g/mol. The molecule has 0 N–H and O–H groups in total. The van der Waals surface area contributed by atoms with E-state index in [0.717, 1.165) is 51.8 Å². The highest BCUT2D eigenvalue weighted by molar-refractivity contribution is 5.06. The van der Waals surface area contributed by atoms with E-state index in [0.29, 0.717) is 6.10 Å². The molecule has 1 aliphatic carbocycles. The van der Waals surface area contributed by atoms with Gasteiger partial charge in [-0.15, -0.1) is 0 Å². The third kappa shape index (κ3) is 3.24. The molecule has 22 heavy (non-hydrogen) atoms. The molecule has 1 aromatic rings. The van der Waals surface area contributed by atoms with E-state index in [2.05, 4.69) is 11.0 Å². The van der Waals surface area contributed by atoms with Gasteiger partial charge in [-0.1, -0.05) is 0 Å². The molecule has 4 heteroatoms. The van der Waals surface area contributed by atoms with Gasteiger partial charge >= 0.3 is 0 Å². The molecule has 3 fully saturated rings. The summed E-state index contributed by atoms with van der Waals surface area (Å²) in [6, 6.07) is 2.07. The zero-order valence-corrected chi connectivity index (χ0v) is 13.3. The highest BCUT2D eigenvalue weighted by Gasteiger charge is 2.46. The summed E-state index contributed by atoms with van der Waals surface area (Å²) in [5.74, 6) is 0.838. The molecule has 0 amide bonds. The lowest BCUT2D eigenvalue weighted by Crippen LogP contribution is -2.56. The number of hydrogen-bond acceptors (Lipinski definition) is 4. The summed E-state index contributed by atoms with van der Waals surface area (Å²) in [5.41, 5.74) is 1.47. The van der Waals surface area contributed by atoms with E-state index in [4.69, 9.17) is 13.9 Å². The van der Waals surface area contributed by atoms with Crippen molar-refractivity contribution in [3.63, 3.8) is 0 Å². The van der Waals surface area contributed by atoms with E-state index in [9.17, 15) is 0 Å². The number of piperidine rings is 1. The second-order valence-electron chi connectivity index (χ2n) is 7.41. The van der Waals surface area contributed by atoms with Crippen molar-refractivity contribution in [2.75, 3.05) is 32.9 Å². The third-order valence-corrected chi connectivity index (χ3v) is 5.49. The average molecular weight is 305 g/mol. The maximum atomic E-state index is 6.12. The van der Waals surface area contributed by atoms with Gasteiger partial charge in [0.2, 0.25) is 0 Å². The molecule has 0 aromatic carbocycles. The summed E-state index contributed by atoms with van der Waals surface area (Å²) in [6.07, 6.45) is 10.3. The van der Waals surface area contributed by atoms with E-state index in [1.165, 1.54) is 31.2 Å². The number of likely N-dealkylation sites (tertiary alicyclic amines) is 1. The zero-order valence-electron chi connectivity index (χ0n) is 13.3. The van der Waals surface area contributed by atoms with Crippen molar-refractivity contribution in [3.05, 3.63) is 24.2 Å². The van der Waals surface area contributed by atoms with Crippen LogP contribution in [0.1, 0.15) is 37.7 Å². The maximum absolute atomic E-state index is 6.12. The molecule has 3 heterocycles. The highest BCUT2D eigenvalue weighted by Crippen LogP contribution is 2.41. The normalized spacial score (nSPS) is 32.8. The van der Waals surface area contributed by atoms with Crippen LogP contribution in [0.25, 0.3) is 0 Å². The molecule has 0 bridgehead atoms. The Kier molecular flexibility index (Phi) is 4.25. The fraction of sp³-hybridized carbons (Fsp3) is 0.778. The van der Waals surface area contributed by atoms with Crippen LogP contribution >= 0.6 is 0 Å². The van der Waals surface area contributed by atoms with Crippen LogP contribution in [0.3, 0.4) is 0 Å². The SMILES string of the molecule is c1cc(CN2CCC3OCCCC3(COCC3CC3)C2)co1. The first kappa shape index (κ1) is 14.7. The van der Waals surface area contributed by atoms with E-state index < -0.39 is 0 Å². The fourth-order valence-electron chi connectivity index (χ4n) is 4.08. The first-order chi connectivity index (χ1) is 10.8. The lowest BCUT2D eigenvalue weighted by molar-refractivity contribution is -0.154. The van der Waals surface area contributed by atoms with Crippen LogP contribution in [0.15, 0.2) is 23.0 Å². The molecule has 2 saturated heterocycles. The van der Waals surface area contributed by atoms with E-state index in [1.54, 1.807) is 6.26 Å². The summed E-state index contributed by atoms with van der Waals surface area (Å²) in [7, 11) is 0. The molecular weight excluding hydrogens is 278 g/mol. The van der Waals surface area contributed by atoms with Gasteiger partial charge in [0.1, 0.15) is 0 Å². The van der Waals surface area contributed by atoms with Crippen molar-refractivity contribution in [1.29, 1.82) is 0 Å². The predicted octanol–water partition coefficient (Wildman–Crippen LogP) is 3.08. The summed E-state index contributed by atoms with van der Waals surface area (Å²) in [6.45, 7) is 5.93. The quantitative estimate of drug-likeness (QED) is 0.809. The van der Waals surface area contributed by atoms with Crippen LogP contribution in [-0.4, -0.2) is 43.9 Å². The summed E-state index contributed by atoms with van der Waals surface area (Å²) in [5, 5.41) is 0. The lowest BCUT2D eigenvalue weighted by Gasteiger charge is -2.50. The van der Waals surface area contributed by atoms with Gasteiger partial charge in [-0.25, -0.2) is 0 Å². The highest BCUT2D eigenvalue weighted by atomic mass is 16.5. The maximum Gasteiger partial charge on any atom is 0.0947 e. The van der Waals surface area contributed by atoms with Crippen LogP contribution in [0.5, 0.6) is 0 Å². The third-order valence-electron chi connectivity index (χ3n) is 5.49. The Balaban J connectivity index is 1.40. The number of nitrogens with zero attached hydrogens (tertiary/aromatic N) is 1. The van der Waals surface area contributed by atoms with Crippen molar-refractivity contribution in [2.24, 2.45) is 11.3 Å². The second-order valence-corrected chi connectivity index (χ2v) is 7.41. The van der Waals surface area contributed by atoms with E-state index >= 15 is 0 Å². The fourth-order valence-corrected chi connectivity index (χ4v) is 4.08. The van der Waals surface area contributed by atoms with E-state index in [-0.39, 0.29) is 5.41 Å². The van der Waals surface area contributed by atoms with Gasteiger partial charge in [0.15, 0.2) is 0 Å². The number of rotatable bonds is 6. The van der Waals surface area contributed by atoms with Crippen molar-refractivity contribution in [2.45, 2.75) is 44.8 Å². The van der Waals surface area contributed by atoms with Gasteiger partial charge < -0.3 is 13.9 Å². The largest absolute Gasteiger partial charge is 0.472 e. The lowest BCUT2D eigenvalue weighted by atomic mass is 9.73. The van der Waals surface area contributed by atoms with Gasteiger partial charge in [0.25, 0.3) is 0 Å². The number of furan rings is 1. The Morgan fingerprint density at radius 3 is 3.09 bits per heavy atom. The smallest absolute Gasteiger partial charge is 0.0947 e. The summed E-state index contributed by atoms with van der Waals surface area (Å²) >= 11 is 0. The Labute approximate surface area is 132 Å². The molecule has 4 rings (SSSR count). The minimum Gasteiger partial charge on any atom is -0.472 e. The van der Waals surface area contributed by atoms with Crippen molar-refractivity contribution in [3.8, 4) is 0 Å². The summed E-state index contributed by atoms with van der Waals surface area (Å²) < 4.78 is 17.4. The molecule has 0 spiro atoms. The molecule has 2 aliphatic heterocycles. The Hall–Kier alpha value is -0.840. The standard InChI is InChI=1S/C18H27NO3/c1-6-18(14-21-11-15-2-3-15)13-19(7-4-17(18)22-8-1)10-16-5-9-20-12-16/h5,9,12,15,17H,1-4,6-8,10-11,13-14H2. The van der Waals surface area contributed by atoms with Crippen molar-refractivity contribution < 1.29 is 13.9 Å². The first-order valence-corrected chi connectivity index (χ1v) is 8.77. The van der Waals surface area contributed by atoms with Gasteiger partial charge in [0.05, 0.1) is 25.2 Å². The first-order valence-electron chi connectivity index (χ1n) is 8.77. The van der Waals surface area contributed by atoms with Crippen LogP contribution < -0.4 is 0 Å². The van der Waals surface area contributed by atoms with Gasteiger partial charge in [0, 0.05) is 43.8 Å². The van der Waals surface area contributed by atoms with Crippen LogP contribution in [-0.2, 0) is 16.0 Å². The number of ether oxygens (including phenoxy) is 2. The Morgan fingerprint density at radius 1 is 1.32 bits per heavy atom. The van der Waals surface area contributed by atoms with Crippen LogP contribution in [0, 0.1) is 11.3 Å². The van der Waals surface area contributed by atoms with Crippen LogP contribution in [0.4, 0.5) is 0 Å².